The second-order valence-electron chi connectivity index (χ2n) is 3.11. The van der Waals surface area contributed by atoms with Gasteiger partial charge in [0.25, 0.3) is 0 Å². The number of rotatable bonds is 2. The van der Waals surface area contributed by atoms with Gasteiger partial charge in [-0.05, 0) is 28.1 Å². The molecule has 1 aliphatic carbocycles. The number of hydrogen-bond donors (Lipinski definition) is 0. The fourth-order valence-corrected chi connectivity index (χ4v) is 1.87. The van der Waals surface area contributed by atoms with Gasteiger partial charge in [0.05, 0.1) is 10.7 Å². The molecule has 1 heterocycles. The van der Waals surface area contributed by atoms with E-state index in [1.165, 1.54) is 18.6 Å². The first kappa shape index (κ1) is 11.5. The predicted molar refractivity (Wildman–Crippen MR) is 62.3 cm³/mol. The standard InChI is InChI=1S/C10H7BrClFN2O/c11-7-3-6(13)1-2-8(7)16-9-4-14-5-15-10(9)12/h2-6H,1H2. The highest BCUT2D eigenvalue weighted by Crippen LogP contribution is 2.30. The number of aromatic nitrogens is 2. The number of halogens is 3. The molecule has 0 bridgehead atoms. The van der Waals surface area contributed by atoms with Crippen molar-refractivity contribution in [3.05, 3.63) is 40.1 Å². The fraction of sp³-hybridized carbons (Fsp3) is 0.200. The van der Waals surface area contributed by atoms with Crippen LogP contribution >= 0.6 is 27.5 Å². The Kier molecular flexibility index (Phi) is 3.56. The number of nitrogens with zero attached hydrogens (tertiary/aromatic N) is 2. The van der Waals surface area contributed by atoms with Crippen LogP contribution in [0, 0.1) is 0 Å². The minimum Gasteiger partial charge on any atom is -0.452 e. The Morgan fingerprint density at radius 3 is 3.06 bits per heavy atom. The predicted octanol–water partition coefficient (Wildman–Crippen LogP) is 3.41. The van der Waals surface area contributed by atoms with E-state index in [1.54, 1.807) is 6.08 Å². The summed E-state index contributed by atoms with van der Waals surface area (Å²) < 4.78 is 19.0. The molecular weight excluding hydrogens is 298 g/mol. The van der Waals surface area contributed by atoms with Crippen molar-refractivity contribution >= 4 is 27.5 Å². The van der Waals surface area contributed by atoms with Gasteiger partial charge in [0.2, 0.25) is 0 Å². The van der Waals surface area contributed by atoms with Gasteiger partial charge in [-0.2, -0.15) is 0 Å². The molecule has 1 aliphatic rings. The van der Waals surface area contributed by atoms with Gasteiger partial charge in [-0.1, -0.05) is 11.6 Å². The zero-order valence-electron chi connectivity index (χ0n) is 8.03. The molecule has 2 rings (SSSR count). The zero-order valence-corrected chi connectivity index (χ0v) is 10.4. The third kappa shape index (κ3) is 2.59. The van der Waals surface area contributed by atoms with Gasteiger partial charge in [0.15, 0.2) is 10.9 Å². The second kappa shape index (κ2) is 4.93. The van der Waals surface area contributed by atoms with E-state index < -0.39 is 6.17 Å². The zero-order chi connectivity index (χ0) is 11.5. The first-order valence-corrected chi connectivity index (χ1v) is 5.69. The van der Waals surface area contributed by atoms with Crippen molar-refractivity contribution in [2.24, 2.45) is 0 Å². The highest BCUT2D eigenvalue weighted by Gasteiger charge is 2.16. The molecule has 0 fully saturated rings. The molecule has 6 heteroatoms. The lowest BCUT2D eigenvalue weighted by Gasteiger charge is -2.14. The first-order chi connectivity index (χ1) is 7.66. The fourth-order valence-electron chi connectivity index (χ4n) is 1.21. The molecular formula is C10H7BrClFN2O. The first-order valence-electron chi connectivity index (χ1n) is 4.52. The van der Waals surface area contributed by atoms with Crippen molar-refractivity contribution in [2.75, 3.05) is 0 Å². The van der Waals surface area contributed by atoms with Gasteiger partial charge in [-0.15, -0.1) is 0 Å². The average Bonchev–Trinajstić information content (AvgIpc) is 2.25. The highest BCUT2D eigenvalue weighted by atomic mass is 79.9. The van der Waals surface area contributed by atoms with Crippen LogP contribution < -0.4 is 4.74 Å². The molecule has 1 aromatic heterocycles. The van der Waals surface area contributed by atoms with Crippen LogP contribution in [0.4, 0.5) is 4.39 Å². The van der Waals surface area contributed by atoms with Gasteiger partial charge in [0.1, 0.15) is 18.3 Å². The van der Waals surface area contributed by atoms with Crippen LogP contribution in [0.1, 0.15) is 6.42 Å². The maximum Gasteiger partial charge on any atom is 0.183 e. The Hall–Kier alpha value is -0.940. The molecule has 0 aromatic carbocycles. The molecule has 84 valence electrons. The molecule has 3 nitrogen and oxygen atoms in total. The maximum absolute atomic E-state index is 13.0. The summed E-state index contributed by atoms with van der Waals surface area (Å²) in [5.41, 5.74) is 0. The van der Waals surface area contributed by atoms with E-state index in [4.69, 9.17) is 16.3 Å². The van der Waals surface area contributed by atoms with E-state index in [0.717, 1.165) is 0 Å². The summed E-state index contributed by atoms with van der Waals surface area (Å²) in [4.78, 5) is 7.57. The number of hydrogen-bond acceptors (Lipinski definition) is 3. The van der Waals surface area contributed by atoms with E-state index in [0.29, 0.717) is 16.0 Å². The summed E-state index contributed by atoms with van der Waals surface area (Å²) in [6.07, 6.45) is 5.18. The summed E-state index contributed by atoms with van der Waals surface area (Å²) in [6.45, 7) is 0. The third-order valence-corrected chi connectivity index (χ3v) is 2.88. The van der Waals surface area contributed by atoms with Gasteiger partial charge >= 0.3 is 0 Å². The molecule has 0 saturated carbocycles. The number of alkyl halides is 1. The van der Waals surface area contributed by atoms with Gasteiger partial charge < -0.3 is 4.74 Å². The molecule has 1 aromatic rings. The minimum atomic E-state index is -0.982. The Bertz CT molecular complexity index is 464. The van der Waals surface area contributed by atoms with Gasteiger partial charge in [-0.3, -0.25) is 0 Å². The molecule has 0 aliphatic heterocycles. The Balaban J connectivity index is 2.18. The van der Waals surface area contributed by atoms with Crippen LogP contribution in [0.25, 0.3) is 0 Å². The van der Waals surface area contributed by atoms with Crippen LogP contribution in [0.3, 0.4) is 0 Å². The van der Waals surface area contributed by atoms with Crippen LogP contribution in [-0.4, -0.2) is 16.1 Å². The molecule has 0 radical (unpaired) electrons. The normalized spacial score (nSPS) is 20.1. The van der Waals surface area contributed by atoms with E-state index in [9.17, 15) is 4.39 Å². The van der Waals surface area contributed by atoms with Crippen LogP contribution in [0.15, 0.2) is 34.9 Å². The molecule has 1 unspecified atom stereocenters. The number of allylic oxidation sites excluding steroid dienone is 3. The van der Waals surface area contributed by atoms with E-state index in [-0.39, 0.29) is 11.6 Å². The van der Waals surface area contributed by atoms with E-state index in [2.05, 4.69) is 25.9 Å². The summed E-state index contributed by atoms with van der Waals surface area (Å²) in [5.74, 6) is 0.865. The van der Waals surface area contributed by atoms with Crippen molar-refractivity contribution in [3.8, 4) is 5.75 Å². The molecule has 16 heavy (non-hydrogen) atoms. The average molecular weight is 306 g/mol. The molecule has 0 amide bonds. The third-order valence-electron chi connectivity index (χ3n) is 1.94. The Labute approximate surface area is 105 Å². The molecule has 0 saturated heterocycles. The lowest BCUT2D eigenvalue weighted by Crippen LogP contribution is -2.06. The second-order valence-corrected chi connectivity index (χ2v) is 4.33. The summed E-state index contributed by atoms with van der Waals surface area (Å²) in [5, 5.41) is 0.221. The van der Waals surface area contributed by atoms with E-state index in [1.807, 2.05) is 0 Å². The van der Waals surface area contributed by atoms with Crippen molar-refractivity contribution in [3.63, 3.8) is 0 Å². The van der Waals surface area contributed by atoms with Crippen molar-refractivity contribution in [1.82, 2.24) is 9.97 Å². The topological polar surface area (TPSA) is 35.0 Å². The Morgan fingerprint density at radius 2 is 2.38 bits per heavy atom. The lowest BCUT2D eigenvalue weighted by molar-refractivity contribution is 0.378. The summed E-state index contributed by atoms with van der Waals surface area (Å²) in [6, 6.07) is 0. The lowest BCUT2D eigenvalue weighted by atomic mass is 10.1. The summed E-state index contributed by atoms with van der Waals surface area (Å²) >= 11 is 9.03. The Morgan fingerprint density at radius 1 is 1.56 bits per heavy atom. The quantitative estimate of drug-likeness (QED) is 0.785. The van der Waals surface area contributed by atoms with Gasteiger partial charge in [0, 0.05) is 6.42 Å². The van der Waals surface area contributed by atoms with Gasteiger partial charge in [-0.25, -0.2) is 14.4 Å². The van der Waals surface area contributed by atoms with Crippen LogP contribution in [0.5, 0.6) is 5.75 Å². The molecule has 0 spiro atoms. The molecule has 1 atom stereocenters. The van der Waals surface area contributed by atoms with Crippen molar-refractivity contribution < 1.29 is 9.13 Å². The smallest absolute Gasteiger partial charge is 0.183 e. The van der Waals surface area contributed by atoms with Crippen LogP contribution in [-0.2, 0) is 0 Å². The molecule has 0 N–H and O–H groups in total. The van der Waals surface area contributed by atoms with Crippen molar-refractivity contribution in [1.29, 1.82) is 0 Å². The largest absolute Gasteiger partial charge is 0.452 e. The monoisotopic (exact) mass is 304 g/mol. The highest BCUT2D eigenvalue weighted by molar-refractivity contribution is 9.11. The van der Waals surface area contributed by atoms with E-state index >= 15 is 0 Å². The minimum absolute atomic E-state index is 0.221. The SMILES string of the molecule is FC1C=C(Br)C(Oc2cncnc2Cl)=CC1. The maximum atomic E-state index is 13.0. The number of ether oxygens (including phenoxy) is 1. The van der Waals surface area contributed by atoms with Crippen LogP contribution in [0.2, 0.25) is 5.15 Å². The summed E-state index contributed by atoms with van der Waals surface area (Å²) in [7, 11) is 0. The van der Waals surface area contributed by atoms with Crippen molar-refractivity contribution in [2.45, 2.75) is 12.6 Å².